The van der Waals surface area contributed by atoms with Crippen molar-refractivity contribution in [2.24, 2.45) is 0 Å². The van der Waals surface area contributed by atoms with Gasteiger partial charge in [0.25, 0.3) is 0 Å². The molecule has 6 nitrogen and oxygen atoms in total. The predicted octanol–water partition coefficient (Wildman–Crippen LogP) is 1.90. The summed E-state index contributed by atoms with van der Waals surface area (Å²) in [4.78, 5) is 21.8. The lowest BCUT2D eigenvalue weighted by Crippen LogP contribution is -2.12. The number of esters is 2. The van der Waals surface area contributed by atoms with Gasteiger partial charge in [0.1, 0.15) is 26.4 Å². The summed E-state index contributed by atoms with van der Waals surface area (Å²) in [5.41, 5.74) is 0. The summed E-state index contributed by atoms with van der Waals surface area (Å²) in [7, 11) is 0. The Bertz CT molecular complexity index is 476. The van der Waals surface area contributed by atoms with Crippen LogP contribution in [-0.2, 0) is 19.1 Å². The number of hydrogen-bond donors (Lipinski definition) is 0. The van der Waals surface area contributed by atoms with Crippen molar-refractivity contribution in [2.75, 3.05) is 26.4 Å². The van der Waals surface area contributed by atoms with Crippen LogP contribution >= 0.6 is 0 Å². The van der Waals surface area contributed by atoms with E-state index in [1.165, 1.54) is 0 Å². The van der Waals surface area contributed by atoms with Gasteiger partial charge in [-0.25, -0.2) is 9.59 Å². The van der Waals surface area contributed by atoms with E-state index in [2.05, 4.69) is 13.2 Å². The van der Waals surface area contributed by atoms with E-state index in [1.54, 1.807) is 24.3 Å². The van der Waals surface area contributed by atoms with Gasteiger partial charge in [-0.2, -0.15) is 0 Å². The number of carbonyl (C=O) groups excluding carboxylic acids is 2. The molecule has 0 saturated carbocycles. The summed E-state index contributed by atoms with van der Waals surface area (Å²) in [6.45, 7) is 7.18. The Balaban J connectivity index is 2.37. The number of carbonyl (C=O) groups is 2. The molecule has 0 amide bonds. The fraction of sp³-hybridized carbons (Fsp3) is 0.250. The van der Waals surface area contributed by atoms with Crippen LogP contribution in [0, 0.1) is 0 Å². The van der Waals surface area contributed by atoms with Crippen molar-refractivity contribution in [1.29, 1.82) is 0 Å². The summed E-state index contributed by atoms with van der Waals surface area (Å²) in [6.07, 6.45) is 2.17. The molecule has 1 rings (SSSR count). The Morgan fingerprint density at radius 3 is 1.59 bits per heavy atom. The Morgan fingerprint density at radius 1 is 0.818 bits per heavy atom. The maximum absolute atomic E-state index is 10.9. The molecule has 0 aliphatic rings. The highest BCUT2D eigenvalue weighted by Gasteiger charge is 2.05. The van der Waals surface area contributed by atoms with Crippen LogP contribution in [0.15, 0.2) is 49.6 Å². The van der Waals surface area contributed by atoms with Crippen LogP contribution in [0.1, 0.15) is 0 Å². The Kier molecular flexibility index (Phi) is 7.89. The molecule has 0 unspecified atom stereocenters. The van der Waals surface area contributed by atoms with Gasteiger partial charge in [-0.1, -0.05) is 25.3 Å². The second-order valence-electron chi connectivity index (χ2n) is 3.89. The third-order valence-corrected chi connectivity index (χ3v) is 2.35. The van der Waals surface area contributed by atoms with Gasteiger partial charge in [0.15, 0.2) is 11.5 Å². The zero-order valence-corrected chi connectivity index (χ0v) is 12.2. The largest absolute Gasteiger partial charge is 0.486 e. The molecular weight excluding hydrogens is 288 g/mol. The molecule has 0 aromatic heterocycles. The quantitative estimate of drug-likeness (QED) is 0.373. The first kappa shape index (κ1) is 17.3. The van der Waals surface area contributed by atoms with Crippen molar-refractivity contribution in [2.45, 2.75) is 0 Å². The van der Waals surface area contributed by atoms with Crippen LogP contribution in [0.3, 0.4) is 0 Å². The van der Waals surface area contributed by atoms with E-state index in [4.69, 9.17) is 18.9 Å². The molecule has 0 atom stereocenters. The number of ether oxygens (including phenoxy) is 4. The average Bonchev–Trinajstić information content (AvgIpc) is 2.56. The van der Waals surface area contributed by atoms with Crippen molar-refractivity contribution in [3.63, 3.8) is 0 Å². The Morgan fingerprint density at radius 2 is 1.23 bits per heavy atom. The van der Waals surface area contributed by atoms with E-state index in [-0.39, 0.29) is 26.4 Å². The van der Waals surface area contributed by atoms with Crippen molar-refractivity contribution in [3.8, 4) is 11.5 Å². The minimum absolute atomic E-state index is 0.107. The van der Waals surface area contributed by atoms with E-state index >= 15 is 0 Å². The van der Waals surface area contributed by atoms with Gasteiger partial charge >= 0.3 is 11.9 Å². The maximum atomic E-state index is 10.9. The first-order valence-corrected chi connectivity index (χ1v) is 6.60. The van der Waals surface area contributed by atoms with Crippen LogP contribution in [0.25, 0.3) is 0 Å². The summed E-state index contributed by atoms with van der Waals surface area (Å²) in [6, 6.07) is 7.02. The molecule has 1 aromatic rings. The molecule has 0 spiro atoms. The molecular formula is C16H18O6. The molecule has 0 saturated heterocycles. The zero-order chi connectivity index (χ0) is 16.2. The third kappa shape index (κ3) is 6.60. The van der Waals surface area contributed by atoms with Crippen molar-refractivity contribution < 1.29 is 28.5 Å². The van der Waals surface area contributed by atoms with Gasteiger partial charge in [0.2, 0.25) is 0 Å². The van der Waals surface area contributed by atoms with E-state index < -0.39 is 11.9 Å². The Hall–Kier alpha value is -2.76. The van der Waals surface area contributed by atoms with E-state index in [9.17, 15) is 9.59 Å². The number of hydrogen-bond acceptors (Lipinski definition) is 6. The Labute approximate surface area is 128 Å². The summed E-state index contributed by atoms with van der Waals surface area (Å²) >= 11 is 0. The zero-order valence-electron chi connectivity index (χ0n) is 12.2. The fourth-order valence-corrected chi connectivity index (χ4v) is 1.39. The van der Waals surface area contributed by atoms with Gasteiger partial charge in [-0.3, -0.25) is 0 Å². The van der Waals surface area contributed by atoms with Crippen LogP contribution < -0.4 is 9.47 Å². The summed E-state index contributed by atoms with van der Waals surface area (Å²) in [5.74, 6) is 0.00809. The number of para-hydroxylation sites is 2. The van der Waals surface area contributed by atoms with Crippen LogP contribution in [0.4, 0.5) is 0 Å². The molecule has 0 bridgehead atoms. The molecule has 0 aliphatic carbocycles. The van der Waals surface area contributed by atoms with Gasteiger partial charge in [0.05, 0.1) is 0 Å². The molecule has 118 valence electrons. The van der Waals surface area contributed by atoms with E-state index in [0.717, 1.165) is 12.2 Å². The molecule has 0 aliphatic heterocycles. The molecule has 0 heterocycles. The normalized spacial score (nSPS) is 9.45. The average molecular weight is 306 g/mol. The second kappa shape index (κ2) is 10.0. The highest BCUT2D eigenvalue weighted by Crippen LogP contribution is 2.26. The standard InChI is InChI=1S/C16H18O6/c1-3-15(17)21-11-9-19-13-7-5-6-8-14(13)20-10-12-22-16(18)4-2/h3-8H,1-2,9-12H2. The van der Waals surface area contributed by atoms with Crippen molar-refractivity contribution in [1.82, 2.24) is 0 Å². The molecule has 0 fully saturated rings. The lowest BCUT2D eigenvalue weighted by Gasteiger charge is -2.12. The monoisotopic (exact) mass is 306 g/mol. The minimum atomic E-state index is -0.503. The van der Waals surface area contributed by atoms with Crippen LogP contribution in [-0.4, -0.2) is 38.4 Å². The number of rotatable bonds is 10. The van der Waals surface area contributed by atoms with Gasteiger partial charge in [-0.15, -0.1) is 0 Å². The topological polar surface area (TPSA) is 71.1 Å². The first-order valence-electron chi connectivity index (χ1n) is 6.60. The van der Waals surface area contributed by atoms with Gasteiger partial charge < -0.3 is 18.9 Å². The number of benzene rings is 1. The smallest absolute Gasteiger partial charge is 0.330 e. The summed E-state index contributed by atoms with van der Waals surface area (Å²) < 4.78 is 20.5. The van der Waals surface area contributed by atoms with Crippen LogP contribution in [0.5, 0.6) is 11.5 Å². The van der Waals surface area contributed by atoms with Gasteiger partial charge in [-0.05, 0) is 12.1 Å². The summed E-state index contributed by atoms with van der Waals surface area (Å²) in [5, 5.41) is 0. The fourth-order valence-electron chi connectivity index (χ4n) is 1.39. The SMILES string of the molecule is C=CC(=O)OCCOc1ccccc1OCCOC(=O)C=C. The lowest BCUT2D eigenvalue weighted by molar-refractivity contribution is -0.139. The molecule has 1 aromatic carbocycles. The second-order valence-corrected chi connectivity index (χ2v) is 3.89. The third-order valence-electron chi connectivity index (χ3n) is 2.35. The maximum Gasteiger partial charge on any atom is 0.330 e. The molecule has 0 radical (unpaired) electrons. The molecule has 6 heteroatoms. The highest BCUT2D eigenvalue weighted by atomic mass is 16.6. The molecule has 0 N–H and O–H groups in total. The minimum Gasteiger partial charge on any atom is -0.486 e. The molecule has 22 heavy (non-hydrogen) atoms. The van der Waals surface area contributed by atoms with Gasteiger partial charge in [0, 0.05) is 12.2 Å². The van der Waals surface area contributed by atoms with E-state index in [0.29, 0.717) is 11.5 Å². The van der Waals surface area contributed by atoms with Crippen molar-refractivity contribution in [3.05, 3.63) is 49.6 Å². The van der Waals surface area contributed by atoms with Crippen molar-refractivity contribution >= 4 is 11.9 Å². The predicted molar refractivity (Wildman–Crippen MR) is 79.7 cm³/mol. The van der Waals surface area contributed by atoms with E-state index in [1.807, 2.05) is 0 Å². The first-order chi connectivity index (χ1) is 10.7. The highest BCUT2D eigenvalue weighted by molar-refractivity contribution is 5.81. The van der Waals surface area contributed by atoms with Crippen LogP contribution in [0.2, 0.25) is 0 Å². The lowest BCUT2D eigenvalue weighted by atomic mass is 10.3.